The van der Waals surface area contributed by atoms with Crippen molar-refractivity contribution in [3.63, 3.8) is 0 Å². The topological polar surface area (TPSA) is 32.3 Å². The zero-order valence-corrected chi connectivity index (χ0v) is 11.1. The summed E-state index contributed by atoms with van der Waals surface area (Å²) in [5, 5.41) is 17.2. The van der Waals surface area contributed by atoms with E-state index >= 15 is 0 Å². The summed E-state index contributed by atoms with van der Waals surface area (Å²) in [7, 11) is 0. The summed E-state index contributed by atoms with van der Waals surface area (Å²) in [6, 6.07) is 9.61. The molecule has 1 heterocycles. The van der Waals surface area contributed by atoms with E-state index in [0.29, 0.717) is 5.75 Å². The van der Waals surface area contributed by atoms with Gasteiger partial charge in [0.1, 0.15) is 5.75 Å². The second-order valence-electron chi connectivity index (χ2n) is 3.69. The first-order chi connectivity index (χ1) is 7.86. The lowest BCUT2D eigenvalue weighted by atomic mass is 10.1. The third kappa shape index (κ3) is 4.38. The average molecular weight is 270 g/mol. The van der Waals surface area contributed by atoms with E-state index in [-0.39, 0.29) is 12.4 Å². The standard InChI is InChI=1S/C13H15NOS.ClH/c15-13-4-2-1-3-12(13)5-7-14-9-11-6-8-16-10-11;/h1-4,6,8,10,14-15H,5,7,9H2;1H. The van der Waals surface area contributed by atoms with Crippen molar-refractivity contribution in [3.8, 4) is 5.75 Å². The van der Waals surface area contributed by atoms with Gasteiger partial charge in [-0.1, -0.05) is 18.2 Å². The molecule has 92 valence electrons. The van der Waals surface area contributed by atoms with Gasteiger partial charge in [-0.05, 0) is 47.0 Å². The lowest BCUT2D eigenvalue weighted by Gasteiger charge is -2.05. The molecule has 17 heavy (non-hydrogen) atoms. The normalized spacial score (nSPS) is 9.88. The molecule has 0 unspecified atom stereocenters. The van der Waals surface area contributed by atoms with E-state index in [4.69, 9.17) is 0 Å². The summed E-state index contributed by atoms with van der Waals surface area (Å²) in [6.07, 6.45) is 0.858. The summed E-state index contributed by atoms with van der Waals surface area (Å²) in [5.41, 5.74) is 2.32. The van der Waals surface area contributed by atoms with E-state index in [1.54, 1.807) is 17.4 Å². The molecule has 1 aromatic heterocycles. The zero-order valence-electron chi connectivity index (χ0n) is 9.43. The van der Waals surface area contributed by atoms with Gasteiger partial charge in [0, 0.05) is 6.54 Å². The van der Waals surface area contributed by atoms with Crippen molar-refractivity contribution in [2.45, 2.75) is 13.0 Å². The number of thiophene rings is 1. The molecule has 0 saturated heterocycles. The summed E-state index contributed by atoms with van der Waals surface area (Å²) < 4.78 is 0. The van der Waals surface area contributed by atoms with Crippen molar-refractivity contribution in [2.24, 2.45) is 0 Å². The second kappa shape index (κ2) is 7.33. The maximum absolute atomic E-state index is 9.57. The van der Waals surface area contributed by atoms with E-state index < -0.39 is 0 Å². The van der Waals surface area contributed by atoms with Crippen LogP contribution in [0.15, 0.2) is 41.1 Å². The van der Waals surface area contributed by atoms with E-state index in [1.807, 2.05) is 18.2 Å². The number of halogens is 1. The average Bonchev–Trinajstić information content (AvgIpc) is 2.79. The van der Waals surface area contributed by atoms with Crippen molar-refractivity contribution < 1.29 is 5.11 Å². The highest BCUT2D eigenvalue weighted by Crippen LogP contribution is 2.15. The second-order valence-corrected chi connectivity index (χ2v) is 4.47. The number of phenols is 1. The fourth-order valence-corrected chi connectivity index (χ4v) is 2.24. The molecule has 2 aromatic rings. The van der Waals surface area contributed by atoms with Crippen molar-refractivity contribution in [2.75, 3.05) is 6.54 Å². The zero-order chi connectivity index (χ0) is 11.2. The van der Waals surface area contributed by atoms with E-state index in [0.717, 1.165) is 25.1 Å². The van der Waals surface area contributed by atoms with Crippen LogP contribution in [0, 0.1) is 0 Å². The van der Waals surface area contributed by atoms with Crippen LogP contribution >= 0.6 is 23.7 Å². The van der Waals surface area contributed by atoms with Gasteiger partial charge >= 0.3 is 0 Å². The molecule has 2 rings (SSSR count). The molecular formula is C13H16ClNOS. The monoisotopic (exact) mass is 269 g/mol. The molecule has 0 amide bonds. The van der Waals surface area contributed by atoms with Gasteiger partial charge in [0.15, 0.2) is 0 Å². The first-order valence-electron chi connectivity index (χ1n) is 5.35. The molecule has 4 heteroatoms. The number of benzene rings is 1. The highest BCUT2D eigenvalue weighted by atomic mass is 35.5. The molecular weight excluding hydrogens is 254 g/mol. The van der Waals surface area contributed by atoms with Gasteiger partial charge in [0.05, 0.1) is 0 Å². The summed E-state index contributed by atoms with van der Waals surface area (Å²) >= 11 is 1.72. The molecule has 0 fully saturated rings. The minimum absolute atomic E-state index is 0. The van der Waals surface area contributed by atoms with Gasteiger partial charge in [-0.3, -0.25) is 0 Å². The lowest BCUT2D eigenvalue weighted by molar-refractivity contribution is 0.467. The van der Waals surface area contributed by atoms with Gasteiger partial charge < -0.3 is 10.4 Å². The third-order valence-corrected chi connectivity index (χ3v) is 3.20. The summed E-state index contributed by atoms with van der Waals surface area (Å²) in [4.78, 5) is 0. The van der Waals surface area contributed by atoms with Crippen LogP contribution in [0.2, 0.25) is 0 Å². The largest absolute Gasteiger partial charge is 0.508 e. The van der Waals surface area contributed by atoms with Crippen LogP contribution in [0.1, 0.15) is 11.1 Å². The van der Waals surface area contributed by atoms with Crippen molar-refractivity contribution in [1.82, 2.24) is 5.32 Å². The predicted molar refractivity (Wildman–Crippen MR) is 75.1 cm³/mol. The van der Waals surface area contributed by atoms with E-state index in [2.05, 4.69) is 22.1 Å². The van der Waals surface area contributed by atoms with Gasteiger partial charge in [-0.2, -0.15) is 11.3 Å². The van der Waals surface area contributed by atoms with Gasteiger partial charge in [-0.15, -0.1) is 12.4 Å². The molecule has 0 saturated carbocycles. The van der Waals surface area contributed by atoms with Crippen molar-refractivity contribution >= 4 is 23.7 Å². The van der Waals surface area contributed by atoms with Crippen LogP contribution < -0.4 is 5.32 Å². The molecule has 0 aliphatic rings. The minimum Gasteiger partial charge on any atom is -0.508 e. The number of hydrogen-bond donors (Lipinski definition) is 2. The van der Waals surface area contributed by atoms with Crippen LogP contribution in [0.4, 0.5) is 0 Å². The number of nitrogens with one attached hydrogen (secondary N) is 1. The van der Waals surface area contributed by atoms with E-state index in [9.17, 15) is 5.11 Å². The van der Waals surface area contributed by atoms with Crippen LogP contribution in [0.5, 0.6) is 5.75 Å². The smallest absolute Gasteiger partial charge is 0.118 e. The van der Waals surface area contributed by atoms with Crippen LogP contribution in [0.3, 0.4) is 0 Å². The quantitative estimate of drug-likeness (QED) is 0.817. The third-order valence-electron chi connectivity index (χ3n) is 2.47. The summed E-state index contributed by atoms with van der Waals surface area (Å²) in [6.45, 7) is 1.78. The number of phenolic OH excluding ortho intramolecular Hbond substituents is 1. The molecule has 0 bridgehead atoms. The minimum atomic E-state index is 0. The molecule has 0 aliphatic carbocycles. The Balaban J connectivity index is 0.00000144. The van der Waals surface area contributed by atoms with Crippen LogP contribution in [-0.2, 0) is 13.0 Å². The Morgan fingerprint density at radius 2 is 2.00 bits per heavy atom. The maximum Gasteiger partial charge on any atom is 0.118 e. The van der Waals surface area contributed by atoms with Crippen molar-refractivity contribution in [3.05, 3.63) is 52.2 Å². The molecule has 1 aromatic carbocycles. The lowest BCUT2D eigenvalue weighted by Crippen LogP contribution is -2.16. The SMILES string of the molecule is Cl.Oc1ccccc1CCNCc1ccsc1. The van der Waals surface area contributed by atoms with Gasteiger partial charge in [-0.25, -0.2) is 0 Å². The Labute approximate surface area is 112 Å². The highest BCUT2D eigenvalue weighted by molar-refractivity contribution is 7.07. The Bertz CT molecular complexity index is 431. The van der Waals surface area contributed by atoms with Gasteiger partial charge in [0.2, 0.25) is 0 Å². The van der Waals surface area contributed by atoms with Gasteiger partial charge in [0.25, 0.3) is 0 Å². The first kappa shape index (κ1) is 14.0. The van der Waals surface area contributed by atoms with Crippen LogP contribution in [0.25, 0.3) is 0 Å². The predicted octanol–water partition coefficient (Wildman–Crippen LogP) is 3.21. The highest BCUT2D eigenvalue weighted by Gasteiger charge is 1.98. The Morgan fingerprint density at radius 3 is 2.71 bits per heavy atom. The Kier molecular flexibility index (Phi) is 6.05. The molecule has 2 N–H and O–H groups in total. The molecule has 0 aliphatic heterocycles. The molecule has 0 radical (unpaired) electrons. The number of rotatable bonds is 5. The molecule has 0 atom stereocenters. The Hall–Kier alpha value is -1.03. The fraction of sp³-hybridized carbons (Fsp3) is 0.231. The van der Waals surface area contributed by atoms with E-state index in [1.165, 1.54) is 5.56 Å². The van der Waals surface area contributed by atoms with Crippen molar-refractivity contribution in [1.29, 1.82) is 0 Å². The number of aromatic hydroxyl groups is 1. The summed E-state index contributed by atoms with van der Waals surface area (Å²) in [5.74, 6) is 0.389. The van der Waals surface area contributed by atoms with Crippen LogP contribution in [-0.4, -0.2) is 11.7 Å². The Morgan fingerprint density at radius 1 is 1.18 bits per heavy atom. The maximum atomic E-state index is 9.57. The number of para-hydroxylation sites is 1. The fourth-order valence-electron chi connectivity index (χ4n) is 1.57. The number of hydrogen-bond acceptors (Lipinski definition) is 3. The molecule has 0 spiro atoms. The molecule has 2 nitrogen and oxygen atoms in total. The first-order valence-corrected chi connectivity index (χ1v) is 6.29.